The van der Waals surface area contributed by atoms with E-state index in [0.717, 1.165) is 17.5 Å². The minimum atomic E-state index is -3.36. The molecule has 2 aromatic rings. The highest BCUT2D eigenvalue weighted by Crippen LogP contribution is 2.24. The van der Waals surface area contributed by atoms with Crippen LogP contribution in [-0.4, -0.2) is 31.7 Å². The fraction of sp³-hybridized carbons (Fsp3) is 0.435. The molecular weight excluding hydrogens is 384 g/mol. The summed E-state index contributed by atoms with van der Waals surface area (Å²) < 4.78 is 26.9. The van der Waals surface area contributed by atoms with Crippen LogP contribution in [0.5, 0.6) is 0 Å². The number of carbonyl (C=O) groups is 1. The first kappa shape index (κ1) is 21.5. The quantitative estimate of drug-likeness (QED) is 0.749. The third kappa shape index (κ3) is 5.67. The maximum atomic E-state index is 12.8. The van der Waals surface area contributed by atoms with Crippen molar-refractivity contribution in [3.05, 3.63) is 71.3 Å². The number of rotatable bonds is 7. The van der Waals surface area contributed by atoms with Crippen molar-refractivity contribution in [1.82, 2.24) is 9.62 Å². The molecule has 0 radical (unpaired) electrons. The van der Waals surface area contributed by atoms with E-state index < -0.39 is 10.0 Å². The molecule has 0 bridgehead atoms. The van der Waals surface area contributed by atoms with Gasteiger partial charge in [-0.3, -0.25) is 4.79 Å². The largest absolute Gasteiger partial charge is 0.349 e. The number of benzene rings is 2. The Morgan fingerprint density at radius 1 is 1.07 bits per heavy atom. The SMILES string of the molecule is CC[C@@H](NC(=O)C1CCN(S(=O)(=O)Cc2ccccc2)CC1)c1ccc(C)cc1. The molecule has 5 nitrogen and oxygen atoms in total. The molecule has 156 valence electrons. The fourth-order valence-electron chi connectivity index (χ4n) is 3.78. The van der Waals surface area contributed by atoms with Crippen molar-refractivity contribution in [3.8, 4) is 0 Å². The van der Waals surface area contributed by atoms with Crippen LogP contribution in [-0.2, 0) is 20.6 Å². The molecular formula is C23H30N2O3S. The Balaban J connectivity index is 1.55. The molecule has 0 saturated carbocycles. The average molecular weight is 415 g/mol. The number of sulfonamides is 1. The molecule has 1 fully saturated rings. The van der Waals surface area contributed by atoms with Crippen LogP contribution in [0.4, 0.5) is 0 Å². The first-order valence-electron chi connectivity index (χ1n) is 10.3. The Kier molecular flexibility index (Phi) is 7.09. The molecule has 1 N–H and O–H groups in total. The minimum absolute atomic E-state index is 0.00996. The number of nitrogens with one attached hydrogen (secondary N) is 1. The van der Waals surface area contributed by atoms with Crippen molar-refractivity contribution < 1.29 is 13.2 Å². The second-order valence-electron chi connectivity index (χ2n) is 7.80. The molecule has 1 aliphatic heterocycles. The van der Waals surface area contributed by atoms with Gasteiger partial charge in [0, 0.05) is 19.0 Å². The molecule has 1 atom stereocenters. The molecule has 0 aliphatic carbocycles. The van der Waals surface area contributed by atoms with Gasteiger partial charge in [-0.25, -0.2) is 12.7 Å². The standard InChI is InChI=1S/C23H30N2O3S/c1-3-22(20-11-9-18(2)10-12-20)24-23(26)21-13-15-25(16-14-21)29(27,28)17-19-7-5-4-6-8-19/h4-12,21-22H,3,13-17H2,1-2H3,(H,24,26)/t22-/m1/s1. The third-order valence-corrected chi connectivity index (χ3v) is 7.46. The van der Waals surface area contributed by atoms with Gasteiger partial charge in [0.05, 0.1) is 11.8 Å². The predicted octanol–water partition coefficient (Wildman–Crippen LogP) is 3.80. The van der Waals surface area contributed by atoms with Gasteiger partial charge in [0.25, 0.3) is 0 Å². The maximum Gasteiger partial charge on any atom is 0.223 e. The van der Waals surface area contributed by atoms with Crippen LogP contribution in [0, 0.1) is 12.8 Å². The Bertz CT molecular complexity index is 903. The lowest BCUT2D eigenvalue weighted by Gasteiger charge is -2.31. The van der Waals surface area contributed by atoms with E-state index in [4.69, 9.17) is 0 Å². The fourth-order valence-corrected chi connectivity index (χ4v) is 5.35. The number of piperidine rings is 1. The Labute approximate surface area is 174 Å². The van der Waals surface area contributed by atoms with Gasteiger partial charge in [-0.2, -0.15) is 0 Å². The second kappa shape index (κ2) is 9.55. The maximum absolute atomic E-state index is 12.8. The van der Waals surface area contributed by atoms with Crippen LogP contribution in [0.2, 0.25) is 0 Å². The van der Waals surface area contributed by atoms with Gasteiger partial charge in [-0.1, -0.05) is 67.1 Å². The van der Waals surface area contributed by atoms with Crippen molar-refractivity contribution in [3.63, 3.8) is 0 Å². The summed E-state index contributed by atoms with van der Waals surface area (Å²) in [7, 11) is -3.36. The summed E-state index contributed by atoms with van der Waals surface area (Å²) in [4.78, 5) is 12.8. The lowest BCUT2D eigenvalue weighted by atomic mass is 9.95. The van der Waals surface area contributed by atoms with E-state index in [1.165, 1.54) is 9.87 Å². The zero-order valence-corrected chi connectivity index (χ0v) is 18.0. The van der Waals surface area contributed by atoms with E-state index >= 15 is 0 Å². The summed E-state index contributed by atoms with van der Waals surface area (Å²) in [5.41, 5.74) is 3.09. The van der Waals surface area contributed by atoms with Crippen LogP contribution in [0.3, 0.4) is 0 Å². The summed E-state index contributed by atoms with van der Waals surface area (Å²) in [6, 6.07) is 17.4. The molecule has 1 saturated heterocycles. The van der Waals surface area contributed by atoms with E-state index in [-0.39, 0.29) is 23.6 Å². The second-order valence-corrected chi connectivity index (χ2v) is 9.76. The lowest BCUT2D eigenvalue weighted by Crippen LogP contribution is -2.44. The molecule has 0 unspecified atom stereocenters. The molecule has 1 heterocycles. The first-order valence-corrected chi connectivity index (χ1v) is 11.9. The van der Waals surface area contributed by atoms with Gasteiger partial charge in [-0.15, -0.1) is 0 Å². The Morgan fingerprint density at radius 3 is 2.28 bits per heavy atom. The zero-order chi connectivity index (χ0) is 20.9. The van der Waals surface area contributed by atoms with Gasteiger partial charge >= 0.3 is 0 Å². The number of aryl methyl sites for hydroxylation is 1. The summed E-state index contributed by atoms with van der Waals surface area (Å²) in [5.74, 6) is -0.106. The molecule has 1 amide bonds. The van der Waals surface area contributed by atoms with Gasteiger partial charge in [0.15, 0.2) is 0 Å². The average Bonchev–Trinajstić information content (AvgIpc) is 2.73. The normalized spacial score (nSPS) is 17.0. The van der Waals surface area contributed by atoms with Crippen LogP contribution in [0.1, 0.15) is 48.9 Å². The molecule has 6 heteroatoms. The summed E-state index contributed by atoms with van der Waals surface area (Å²) in [5, 5.41) is 3.16. The van der Waals surface area contributed by atoms with Gasteiger partial charge in [0.1, 0.15) is 0 Å². The van der Waals surface area contributed by atoms with E-state index in [1.807, 2.05) is 37.3 Å². The predicted molar refractivity (Wildman–Crippen MR) is 116 cm³/mol. The van der Waals surface area contributed by atoms with Gasteiger partial charge < -0.3 is 5.32 Å². The Morgan fingerprint density at radius 2 is 1.69 bits per heavy atom. The zero-order valence-electron chi connectivity index (χ0n) is 17.2. The van der Waals surface area contributed by atoms with Gasteiger partial charge in [-0.05, 0) is 37.3 Å². The highest BCUT2D eigenvalue weighted by molar-refractivity contribution is 7.88. The van der Waals surface area contributed by atoms with Crippen LogP contribution in [0.25, 0.3) is 0 Å². The van der Waals surface area contributed by atoms with Crippen LogP contribution >= 0.6 is 0 Å². The number of hydrogen-bond donors (Lipinski definition) is 1. The lowest BCUT2D eigenvalue weighted by molar-refractivity contribution is -0.126. The topological polar surface area (TPSA) is 66.5 Å². The van der Waals surface area contributed by atoms with Crippen molar-refractivity contribution in [1.29, 1.82) is 0 Å². The molecule has 1 aliphatic rings. The van der Waals surface area contributed by atoms with Crippen molar-refractivity contribution in [2.24, 2.45) is 5.92 Å². The summed E-state index contributed by atoms with van der Waals surface area (Å²) >= 11 is 0. The number of hydrogen-bond acceptors (Lipinski definition) is 3. The first-order chi connectivity index (χ1) is 13.9. The van der Waals surface area contributed by atoms with Crippen LogP contribution in [0.15, 0.2) is 54.6 Å². The van der Waals surface area contributed by atoms with E-state index in [2.05, 4.69) is 36.5 Å². The number of nitrogens with zero attached hydrogens (tertiary/aromatic N) is 1. The molecule has 3 rings (SSSR count). The highest BCUT2D eigenvalue weighted by atomic mass is 32.2. The number of amides is 1. The molecule has 0 aromatic heterocycles. The molecule has 0 spiro atoms. The van der Waals surface area contributed by atoms with E-state index in [9.17, 15) is 13.2 Å². The highest BCUT2D eigenvalue weighted by Gasteiger charge is 2.31. The molecule has 29 heavy (non-hydrogen) atoms. The van der Waals surface area contributed by atoms with E-state index in [1.54, 1.807) is 0 Å². The third-order valence-electron chi connectivity index (χ3n) is 5.61. The number of carbonyl (C=O) groups excluding carboxylic acids is 1. The minimum Gasteiger partial charge on any atom is -0.349 e. The molecule has 2 aromatic carbocycles. The van der Waals surface area contributed by atoms with Crippen molar-refractivity contribution in [2.45, 2.75) is 44.9 Å². The van der Waals surface area contributed by atoms with Gasteiger partial charge in [0.2, 0.25) is 15.9 Å². The van der Waals surface area contributed by atoms with E-state index in [0.29, 0.717) is 25.9 Å². The Hall–Kier alpha value is -2.18. The van der Waals surface area contributed by atoms with Crippen molar-refractivity contribution >= 4 is 15.9 Å². The summed E-state index contributed by atoms with van der Waals surface area (Å²) in [6.45, 7) is 4.90. The monoisotopic (exact) mass is 414 g/mol. The smallest absolute Gasteiger partial charge is 0.223 e. The van der Waals surface area contributed by atoms with Crippen LogP contribution < -0.4 is 5.32 Å². The van der Waals surface area contributed by atoms with Crippen molar-refractivity contribution in [2.75, 3.05) is 13.1 Å². The summed E-state index contributed by atoms with van der Waals surface area (Å²) in [6.07, 6.45) is 1.94.